The lowest BCUT2D eigenvalue weighted by molar-refractivity contribution is -0.147. The van der Waals surface area contributed by atoms with Crippen molar-refractivity contribution in [2.45, 2.75) is 26.4 Å². The van der Waals surface area contributed by atoms with Crippen molar-refractivity contribution < 1.29 is 19.4 Å². The van der Waals surface area contributed by atoms with Crippen LogP contribution in [0.2, 0.25) is 0 Å². The van der Waals surface area contributed by atoms with Gasteiger partial charge in [-0.2, -0.15) is 0 Å². The molecule has 1 aliphatic heterocycles. The van der Waals surface area contributed by atoms with Gasteiger partial charge in [0.05, 0.1) is 5.41 Å². The summed E-state index contributed by atoms with van der Waals surface area (Å²) in [5, 5.41) is 9.20. The molecule has 5 nitrogen and oxygen atoms in total. The average molecular weight is 356 g/mol. The average Bonchev–Trinajstić information content (AvgIpc) is 2.82. The molecule has 1 amide bonds. The summed E-state index contributed by atoms with van der Waals surface area (Å²) < 4.78 is 6.50. The van der Waals surface area contributed by atoms with Crippen LogP contribution in [0.4, 0.5) is 0 Å². The molecule has 0 radical (unpaired) electrons. The van der Waals surface area contributed by atoms with Crippen molar-refractivity contribution in [3.63, 3.8) is 0 Å². The molecule has 1 aromatic rings. The zero-order valence-electron chi connectivity index (χ0n) is 12.0. The minimum absolute atomic E-state index is 0.181. The normalized spacial score (nSPS) is 22.9. The molecular weight excluding hydrogens is 338 g/mol. The SMILES string of the molecule is CC(Oc1cccc(Br)c1)C(=O)N1CCC(C)(C(=O)O)C1. The summed E-state index contributed by atoms with van der Waals surface area (Å²) in [6.45, 7) is 4.03. The van der Waals surface area contributed by atoms with Crippen molar-refractivity contribution in [3.05, 3.63) is 28.7 Å². The van der Waals surface area contributed by atoms with Gasteiger partial charge in [-0.05, 0) is 38.5 Å². The molecule has 2 atom stereocenters. The van der Waals surface area contributed by atoms with Gasteiger partial charge in [0.2, 0.25) is 0 Å². The maximum atomic E-state index is 12.3. The third-order valence-electron chi connectivity index (χ3n) is 3.76. The summed E-state index contributed by atoms with van der Waals surface area (Å²) in [6.07, 6.45) is -0.173. The molecule has 0 saturated carbocycles. The maximum absolute atomic E-state index is 12.3. The predicted molar refractivity (Wildman–Crippen MR) is 81.2 cm³/mol. The van der Waals surface area contributed by atoms with Crippen LogP contribution in [0.3, 0.4) is 0 Å². The van der Waals surface area contributed by atoms with E-state index in [-0.39, 0.29) is 12.5 Å². The number of carbonyl (C=O) groups excluding carboxylic acids is 1. The van der Waals surface area contributed by atoms with E-state index in [0.717, 1.165) is 4.47 Å². The smallest absolute Gasteiger partial charge is 0.311 e. The van der Waals surface area contributed by atoms with Gasteiger partial charge in [-0.1, -0.05) is 22.0 Å². The Morgan fingerprint density at radius 1 is 1.48 bits per heavy atom. The number of carbonyl (C=O) groups is 2. The summed E-state index contributed by atoms with van der Waals surface area (Å²) in [7, 11) is 0. The molecule has 2 unspecified atom stereocenters. The van der Waals surface area contributed by atoms with Crippen LogP contribution in [-0.4, -0.2) is 41.1 Å². The van der Waals surface area contributed by atoms with E-state index in [2.05, 4.69) is 15.9 Å². The molecule has 1 N–H and O–H groups in total. The molecule has 0 bridgehead atoms. The number of amides is 1. The lowest BCUT2D eigenvalue weighted by atomic mass is 9.90. The monoisotopic (exact) mass is 355 g/mol. The first-order valence-electron chi connectivity index (χ1n) is 6.76. The number of halogens is 1. The zero-order chi connectivity index (χ0) is 15.6. The fourth-order valence-electron chi connectivity index (χ4n) is 2.38. The van der Waals surface area contributed by atoms with Crippen LogP contribution in [-0.2, 0) is 9.59 Å². The van der Waals surface area contributed by atoms with E-state index in [1.807, 2.05) is 12.1 Å². The van der Waals surface area contributed by atoms with E-state index in [1.165, 1.54) is 0 Å². The summed E-state index contributed by atoms with van der Waals surface area (Å²) in [5.74, 6) is -0.441. The number of aliphatic carboxylic acids is 1. The van der Waals surface area contributed by atoms with Gasteiger partial charge in [-0.15, -0.1) is 0 Å². The van der Waals surface area contributed by atoms with Crippen LogP contribution in [0.25, 0.3) is 0 Å². The summed E-state index contributed by atoms with van der Waals surface area (Å²) >= 11 is 3.35. The zero-order valence-corrected chi connectivity index (χ0v) is 13.6. The molecule has 0 spiro atoms. The van der Waals surface area contributed by atoms with Crippen LogP contribution in [0.1, 0.15) is 20.3 Å². The minimum atomic E-state index is -0.863. The first kappa shape index (κ1) is 15.8. The Morgan fingerprint density at radius 3 is 2.76 bits per heavy atom. The summed E-state index contributed by atoms with van der Waals surface area (Å²) in [6, 6.07) is 7.26. The number of hydrogen-bond acceptors (Lipinski definition) is 3. The van der Waals surface area contributed by atoms with E-state index >= 15 is 0 Å². The van der Waals surface area contributed by atoms with Crippen molar-refractivity contribution >= 4 is 27.8 Å². The first-order chi connectivity index (χ1) is 9.82. The molecule has 0 aromatic heterocycles. The van der Waals surface area contributed by atoms with Crippen LogP contribution in [0.15, 0.2) is 28.7 Å². The molecule has 0 aliphatic carbocycles. The van der Waals surface area contributed by atoms with Crippen molar-refractivity contribution in [1.29, 1.82) is 0 Å². The molecule has 1 saturated heterocycles. The minimum Gasteiger partial charge on any atom is -0.481 e. The molecular formula is C15H18BrNO4. The van der Waals surface area contributed by atoms with Gasteiger partial charge in [0.15, 0.2) is 6.10 Å². The van der Waals surface area contributed by atoms with E-state index in [0.29, 0.717) is 18.7 Å². The quantitative estimate of drug-likeness (QED) is 0.900. The van der Waals surface area contributed by atoms with Gasteiger partial charge in [0, 0.05) is 17.6 Å². The number of carboxylic acids is 1. The predicted octanol–water partition coefficient (Wildman–Crippen LogP) is 2.54. The summed E-state index contributed by atoms with van der Waals surface area (Å²) in [4.78, 5) is 25.1. The highest BCUT2D eigenvalue weighted by Gasteiger charge is 2.43. The number of hydrogen-bond donors (Lipinski definition) is 1. The van der Waals surface area contributed by atoms with Crippen LogP contribution >= 0.6 is 15.9 Å². The first-order valence-corrected chi connectivity index (χ1v) is 7.55. The number of carboxylic acid groups (broad SMARTS) is 1. The Bertz CT molecular complexity index is 562. The van der Waals surface area contributed by atoms with Crippen molar-refractivity contribution in [3.8, 4) is 5.75 Å². The molecule has 1 aromatic carbocycles. The second-order valence-corrected chi connectivity index (χ2v) is 6.51. The molecule has 114 valence electrons. The highest BCUT2D eigenvalue weighted by molar-refractivity contribution is 9.10. The Balaban J connectivity index is 1.99. The third kappa shape index (κ3) is 3.56. The Morgan fingerprint density at radius 2 is 2.19 bits per heavy atom. The third-order valence-corrected chi connectivity index (χ3v) is 4.25. The largest absolute Gasteiger partial charge is 0.481 e. The lowest BCUT2D eigenvalue weighted by Crippen LogP contribution is -2.41. The number of rotatable bonds is 4. The Kier molecular flexibility index (Phi) is 4.56. The molecule has 1 fully saturated rings. The molecule has 2 rings (SSSR count). The number of likely N-dealkylation sites (tertiary alicyclic amines) is 1. The standard InChI is InChI=1S/C15H18BrNO4/c1-10(21-12-5-3-4-11(16)8-12)13(18)17-7-6-15(2,9-17)14(19)20/h3-5,8,10H,6-7,9H2,1-2H3,(H,19,20). The molecule has 21 heavy (non-hydrogen) atoms. The van der Waals surface area contributed by atoms with Gasteiger partial charge in [-0.25, -0.2) is 0 Å². The van der Waals surface area contributed by atoms with Crippen molar-refractivity contribution in [2.75, 3.05) is 13.1 Å². The van der Waals surface area contributed by atoms with Gasteiger partial charge in [-0.3, -0.25) is 9.59 Å². The lowest BCUT2D eigenvalue weighted by Gasteiger charge is -2.23. The highest BCUT2D eigenvalue weighted by Crippen LogP contribution is 2.30. The fraction of sp³-hybridized carbons (Fsp3) is 0.467. The van der Waals surface area contributed by atoms with E-state index in [1.54, 1.807) is 30.9 Å². The maximum Gasteiger partial charge on any atom is 0.311 e. The fourth-order valence-corrected chi connectivity index (χ4v) is 2.75. The highest BCUT2D eigenvalue weighted by atomic mass is 79.9. The van der Waals surface area contributed by atoms with Crippen LogP contribution < -0.4 is 4.74 Å². The second-order valence-electron chi connectivity index (χ2n) is 5.59. The van der Waals surface area contributed by atoms with E-state index in [4.69, 9.17) is 4.74 Å². The van der Waals surface area contributed by atoms with Crippen LogP contribution in [0, 0.1) is 5.41 Å². The number of ether oxygens (including phenoxy) is 1. The van der Waals surface area contributed by atoms with Gasteiger partial charge < -0.3 is 14.7 Å². The van der Waals surface area contributed by atoms with Crippen molar-refractivity contribution in [2.24, 2.45) is 5.41 Å². The van der Waals surface area contributed by atoms with E-state index in [9.17, 15) is 14.7 Å². The second kappa shape index (κ2) is 6.05. The van der Waals surface area contributed by atoms with Gasteiger partial charge in [0.25, 0.3) is 5.91 Å². The molecule has 6 heteroatoms. The van der Waals surface area contributed by atoms with Crippen molar-refractivity contribution in [1.82, 2.24) is 4.90 Å². The Hall–Kier alpha value is -1.56. The topological polar surface area (TPSA) is 66.8 Å². The van der Waals surface area contributed by atoms with Gasteiger partial charge >= 0.3 is 5.97 Å². The molecule has 1 aliphatic rings. The number of nitrogens with zero attached hydrogens (tertiary/aromatic N) is 1. The molecule has 1 heterocycles. The van der Waals surface area contributed by atoms with Gasteiger partial charge in [0.1, 0.15) is 5.75 Å². The van der Waals surface area contributed by atoms with Crippen LogP contribution in [0.5, 0.6) is 5.75 Å². The van der Waals surface area contributed by atoms with E-state index < -0.39 is 17.5 Å². The summed E-state index contributed by atoms with van der Waals surface area (Å²) in [5.41, 5.74) is -0.856. The number of benzene rings is 1. The Labute approximate surface area is 132 Å².